The van der Waals surface area contributed by atoms with Crippen molar-refractivity contribution in [2.45, 2.75) is 4.90 Å². The Labute approximate surface area is 193 Å². The molecule has 2 aromatic carbocycles. The molecule has 0 radical (unpaired) electrons. The fourth-order valence-electron chi connectivity index (χ4n) is 3.06. The summed E-state index contributed by atoms with van der Waals surface area (Å²) < 4.78 is 32.4. The Morgan fingerprint density at radius 1 is 1.10 bits per heavy atom. The Hall–Kier alpha value is -2.01. The van der Waals surface area contributed by atoms with Gasteiger partial charge in [0.25, 0.3) is 5.91 Å². The summed E-state index contributed by atoms with van der Waals surface area (Å²) in [6.45, 7) is 1.10. The van der Waals surface area contributed by atoms with E-state index < -0.39 is 15.9 Å². The fourth-order valence-corrected chi connectivity index (χ4v) is 5.91. The van der Waals surface area contributed by atoms with E-state index >= 15 is 0 Å². The zero-order valence-electron chi connectivity index (χ0n) is 16.0. The standard InChI is InChI=1S/C20H17Cl2N3O4S2/c21-15-4-2-1-3-14(15)17-12-30-20(23-17)24-19(26)13-5-6-16(22)18(11-13)31(27,28)25-7-9-29-10-8-25/h1-6,11-12H,7-10H2,(H,23,24,26). The molecular formula is C20H17Cl2N3O4S2. The van der Waals surface area contributed by atoms with Crippen molar-refractivity contribution in [1.82, 2.24) is 9.29 Å². The molecule has 1 saturated heterocycles. The monoisotopic (exact) mass is 497 g/mol. The first-order chi connectivity index (χ1) is 14.9. The number of ether oxygens (including phenoxy) is 1. The third-order valence-electron chi connectivity index (χ3n) is 4.66. The van der Waals surface area contributed by atoms with Crippen LogP contribution in [0.5, 0.6) is 0 Å². The Morgan fingerprint density at radius 3 is 2.58 bits per heavy atom. The van der Waals surface area contributed by atoms with Gasteiger partial charge >= 0.3 is 0 Å². The minimum Gasteiger partial charge on any atom is -0.379 e. The molecule has 0 saturated carbocycles. The van der Waals surface area contributed by atoms with Crippen LogP contribution in [-0.2, 0) is 14.8 Å². The topological polar surface area (TPSA) is 88.6 Å². The highest BCUT2D eigenvalue weighted by molar-refractivity contribution is 7.89. The van der Waals surface area contributed by atoms with Crippen molar-refractivity contribution in [3.63, 3.8) is 0 Å². The van der Waals surface area contributed by atoms with E-state index in [9.17, 15) is 13.2 Å². The van der Waals surface area contributed by atoms with Gasteiger partial charge in [0.1, 0.15) is 4.90 Å². The molecule has 2 heterocycles. The molecule has 1 aliphatic heterocycles. The zero-order chi connectivity index (χ0) is 22.0. The maximum Gasteiger partial charge on any atom is 0.257 e. The average molecular weight is 498 g/mol. The molecule has 0 atom stereocenters. The van der Waals surface area contributed by atoms with Crippen LogP contribution in [0.15, 0.2) is 52.7 Å². The molecule has 1 aliphatic rings. The van der Waals surface area contributed by atoms with Crippen molar-refractivity contribution in [2.75, 3.05) is 31.6 Å². The lowest BCUT2D eigenvalue weighted by Crippen LogP contribution is -2.40. The third kappa shape index (κ3) is 4.77. The van der Waals surface area contributed by atoms with Gasteiger partial charge in [-0.1, -0.05) is 41.4 Å². The number of aromatic nitrogens is 1. The number of halogens is 2. The normalized spacial score (nSPS) is 15.0. The van der Waals surface area contributed by atoms with Crippen molar-refractivity contribution < 1.29 is 17.9 Å². The summed E-state index contributed by atoms with van der Waals surface area (Å²) in [5, 5.41) is 5.46. The molecule has 0 bridgehead atoms. The van der Waals surface area contributed by atoms with Gasteiger partial charge < -0.3 is 4.74 Å². The third-order valence-corrected chi connectivity index (χ3v) is 8.12. The molecule has 7 nitrogen and oxygen atoms in total. The van der Waals surface area contributed by atoms with Crippen LogP contribution in [0.2, 0.25) is 10.0 Å². The second-order valence-electron chi connectivity index (χ2n) is 6.63. The SMILES string of the molecule is O=C(Nc1nc(-c2ccccc2Cl)cs1)c1ccc(Cl)c(S(=O)(=O)N2CCOCC2)c1. The summed E-state index contributed by atoms with van der Waals surface area (Å²) in [7, 11) is -3.84. The van der Waals surface area contributed by atoms with Crippen LogP contribution in [0.1, 0.15) is 10.4 Å². The molecule has 0 aliphatic carbocycles. The fraction of sp³-hybridized carbons (Fsp3) is 0.200. The molecule has 162 valence electrons. The maximum absolute atomic E-state index is 13.0. The first kappa shape index (κ1) is 22.2. The van der Waals surface area contributed by atoms with E-state index in [1.165, 1.54) is 33.8 Å². The van der Waals surface area contributed by atoms with E-state index in [-0.39, 0.29) is 28.6 Å². The minimum atomic E-state index is -3.84. The highest BCUT2D eigenvalue weighted by Crippen LogP contribution is 2.31. The van der Waals surface area contributed by atoms with E-state index in [0.29, 0.717) is 29.1 Å². The number of morpholine rings is 1. The minimum absolute atomic E-state index is 0.0540. The first-order valence-corrected chi connectivity index (χ1v) is 12.3. The molecule has 1 fully saturated rings. The van der Waals surface area contributed by atoms with Crippen LogP contribution in [0, 0.1) is 0 Å². The van der Waals surface area contributed by atoms with Crippen molar-refractivity contribution in [1.29, 1.82) is 0 Å². The van der Waals surface area contributed by atoms with Gasteiger partial charge in [0, 0.05) is 34.6 Å². The Balaban J connectivity index is 1.56. The number of sulfonamides is 1. The van der Waals surface area contributed by atoms with Crippen LogP contribution in [0.25, 0.3) is 11.3 Å². The molecule has 31 heavy (non-hydrogen) atoms. The van der Waals surface area contributed by atoms with Crippen LogP contribution in [-0.4, -0.2) is 49.9 Å². The molecule has 4 rings (SSSR count). The molecule has 3 aromatic rings. The predicted molar refractivity (Wildman–Crippen MR) is 122 cm³/mol. The maximum atomic E-state index is 13.0. The van der Waals surface area contributed by atoms with Crippen molar-refractivity contribution in [2.24, 2.45) is 0 Å². The van der Waals surface area contributed by atoms with Gasteiger partial charge in [-0.05, 0) is 24.3 Å². The summed E-state index contributed by atoms with van der Waals surface area (Å²) in [6.07, 6.45) is 0. The number of anilines is 1. The number of nitrogens with zero attached hydrogens (tertiary/aromatic N) is 2. The van der Waals surface area contributed by atoms with Gasteiger partial charge in [0.2, 0.25) is 10.0 Å². The van der Waals surface area contributed by atoms with Crippen LogP contribution >= 0.6 is 34.5 Å². The molecule has 1 N–H and O–H groups in total. The molecule has 1 aromatic heterocycles. The highest BCUT2D eigenvalue weighted by atomic mass is 35.5. The lowest BCUT2D eigenvalue weighted by molar-refractivity contribution is 0.0730. The van der Waals surface area contributed by atoms with Gasteiger partial charge in [-0.15, -0.1) is 11.3 Å². The number of nitrogens with one attached hydrogen (secondary N) is 1. The quantitative estimate of drug-likeness (QED) is 0.564. The van der Waals surface area contributed by atoms with Crippen molar-refractivity contribution >= 4 is 55.6 Å². The van der Waals surface area contributed by atoms with Gasteiger partial charge in [-0.25, -0.2) is 13.4 Å². The van der Waals surface area contributed by atoms with E-state index in [1.807, 2.05) is 18.2 Å². The summed E-state index contributed by atoms with van der Waals surface area (Å²) >= 11 is 13.6. The van der Waals surface area contributed by atoms with Crippen LogP contribution in [0.4, 0.5) is 5.13 Å². The number of carbonyl (C=O) groups excluding carboxylic acids is 1. The van der Waals surface area contributed by atoms with E-state index in [2.05, 4.69) is 10.3 Å². The number of carbonyl (C=O) groups is 1. The second kappa shape index (κ2) is 9.23. The van der Waals surface area contributed by atoms with Gasteiger partial charge in [-0.2, -0.15) is 4.31 Å². The number of amides is 1. The molecule has 11 heteroatoms. The lowest BCUT2D eigenvalue weighted by atomic mass is 10.2. The summed E-state index contributed by atoms with van der Waals surface area (Å²) in [4.78, 5) is 17.0. The van der Waals surface area contributed by atoms with Crippen molar-refractivity contribution in [3.05, 3.63) is 63.5 Å². The number of benzene rings is 2. The Morgan fingerprint density at radius 2 is 1.84 bits per heavy atom. The molecule has 0 spiro atoms. The van der Waals surface area contributed by atoms with Gasteiger partial charge in [0.15, 0.2) is 5.13 Å². The highest BCUT2D eigenvalue weighted by Gasteiger charge is 2.29. The summed E-state index contributed by atoms with van der Waals surface area (Å²) in [5.41, 5.74) is 1.55. The Bertz CT molecular complexity index is 1220. The molecule has 1 amide bonds. The largest absolute Gasteiger partial charge is 0.379 e. The zero-order valence-corrected chi connectivity index (χ0v) is 19.2. The Kier molecular flexibility index (Phi) is 6.61. The first-order valence-electron chi connectivity index (χ1n) is 9.25. The molecular weight excluding hydrogens is 481 g/mol. The van der Waals surface area contributed by atoms with E-state index in [1.54, 1.807) is 11.4 Å². The van der Waals surface area contributed by atoms with Crippen LogP contribution in [0.3, 0.4) is 0 Å². The summed E-state index contributed by atoms with van der Waals surface area (Å²) in [6, 6.07) is 11.4. The van der Waals surface area contributed by atoms with Crippen LogP contribution < -0.4 is 5.32 Å². The van der Waals surface area contributed by atoms with E-state index in [0.717, 1.165) is 5.56 Å². The predicted octanol–water partition coefficient (Wildman–Crippen LogP) is 4.39. The van der Waals surface area contributed by atoms with E-state index in [4.69, 9.17) is 27.9 Å². The number of hydrogen-bond acceptors (Lipinski definition) is 6. The van der Waals surface area contributed by atoms with Crippen molar-refractivity contribution in [3.8, 4) is 11.3 Å². The smallest absolute Gasteiger partial charge is 0.257 e. The number of rotatable bonds is 5. The lowest BCUT2D eigenvalue weighted by Gasteiger charge is -2.26. The number of thiazole rings is 1. The molecule has 0 unspecified atom stereocenters. The number of hydrogen-bond donors (Lipinski definition) is 1. The summed E-state index contributed by atoms with van der Waals surface area (Å²) in [5.74, 6) is -0.491. The second-order valence-corrected chi connectivity index (χ2v) is 10.2. The van der Waals surface area contributed by atoms with Gasteiger partial charge in [0.05, 0.1) is 23.9 Å². The van der Waals surface area contributed by atoms with Gasteiger partial charge in [-0.3, -0.25) is 10.1 Å². The average Bonchev–Trinajstić information content (AvgIpc) is 3.23.